The minimum atomic E-state index is -2.06. The summed E-state index contributed by atoms with van der Waals surface area (Å²) in [5.74, 6) is 0. The van der Waals surface area contributed by atoms with Gasteiger partial charge in [-0.25, -0.2) is 4.79 Å². The first-order valence-electron chi connectivity index (χ1n) is 10.8. The van der Waals surface area contributed by atoms with E-state index in [1.54, 1.807) is 6.08 Å². The number of H-pyrrole nitrogens is 1. The van der Waals surface area contributed by atoms with E-state index in [-0.39, 0.29) is 30.0 Å². The van der Waals surface area contributed by atoms with E-state index in [1.807, 2.05) is 13.8 Å². The molecule has 31 heavy (non-hydrogen) atoms. The molecule has 8 nitrogen and oxygen atoms in total. The zero-order chi connectivity index (χ0) is 23.4. The molecule has 0 saturated carbocycles. The summed E-state index contributed by atoms with van der Waals surface area (Å²) in [7, 11) is -2.06. The smallest absolute Gasteiger partial charge is 0.330 e. The van der Waals surface area contributed by atoms with Gasteiger partial charge < -0.3 is 18.6 Å². The van der Waals surface area contributed by atoms with Crippen LogP contribution in [0.1, 0.15) is 52.8 Å². The minimum absolute atomic E-state index is 0.0407. The van der Waals surface area contributed by atoms with Crippen LogP contribution in [0.15, 0.2) is 28.4 Å². The van der Waals surface area contributed by atoms with Crippen LogP contribution in [0.25, 0.3) is 0 Å². The van der Waals surface area contributed by atoms with Crippen LogP contribution in [0, 0.1) is 0 Å². The van der Waals surface area contributed by atoms with Crippen molar-refractivity contribution in [3.05, 3.63) is 45.3 Å². The van der Waals surface area contributed by atoms with Gasteiger partial charge in [0.05, 0.1) is 37.6 Å². The van der Waals surface area contributed by atoms with E-state index in [9.17, 15) is 9.59 Å². The van der Waals surface area contributed by atoms with Crippen LogP contribution in [-0.2, 0) is 25.2 Å². The molecule has 1 N–H and O–H groups in total. The second kappa shape index (κ2) is 10.4. The number of aromatic nitrogens is 2. The fourth-order valence-electron chi connectivity index (χ4n) is 3.08. The van der Waals surface area contributed by atoms with E-state index in [0.717, 1.165) is 0 Å². The number of hydrogen-bond donors (Lipinski definition) is 1. The molecular formula is C22H38N2O6Si. The largest absolute Gasteiger partial charge is 0.411 e. The van der Waals surface area contributed by atoms with Crippen LogP contribution in [-0.4, -0.2) is 49.4 Å². The van der Waals surface area contributed by atoms with Gasteiger partial charge >= 0.3 is 5.69 Å². The molecule has 2 rings (SSSR count). The summed E-state index contributed by atoms with van der Waals surface area (Å²) in [5, 5.41) is 0.0407. The third kappa shape index (κ3) is 6.73. The number of ether oxygens (including phenoxy) is 3. The molecule has 0 aromatic carbocycles. The molecular weight excluding hydrogens is 416 g/mol. The summed E-state index contributed by atoms with van der Waals surface area (Å²) in [6.45, 7) is 19.3. The van der Waals surface area contributed by atoms with E-state index in [1.165, 1.54) is 10.8 Å². The first-order chi connectivity index (χ1) is 14.4. The van der Waals surface area contributed by atoms with E-state index in [0.29, 0.717) is 25.2 Å². The Kier molecular flexibility index (Phi) is 8.63. The monoisotopic (exact) mass is 454 g/mol. The Hall–Kier alpha value is -1.52. The molecule has 3 atom stereocenters. The molecule has 1 unspecified atom stereocenters. The lowest BCUT2D eigenvalue weighted by molar-refractivity contribution is -0.0730. The van der Waals surface area contributed by atoms with Gasteiger partial charge in [0.25, 0.3) is 5.56 Å². The lowest BCUT2D eigenvalue weighted by Crippen LogP contribution is -2.46. The van der Waals surface area contributed by atoms with E-state index >= 15 is 0 Å². The summed E-state index contributed by atoms with van der Waals surface area (Å²) in [5.41, 5.74) is -0.621. The van der Waals surface area contributed by atoms with E-state index in [4.69, 9.17) is 18.6 Å². The highest BCUT2D eigenvalue weighted by atomic mass is 28.4. The van der Waals surface area contributed by atoms with Gasteiger partial charge in [0, 0.05) is 12.6 Å². The highest BCUT2D eigenvalue weighted by molar-refractivity contribution is 6.74. The molecule has 0 amide bonds. The summed E-state index contributed by atoms with van der Waals surface area (Å²) < 4.78 is 25.5. The molecule has 0 spiro atoms. The van der Waals surface area contributed by atoms with Crippen molar-refractivity contribution in [1.82, 2.24) is 9.55 Å². The topological polar surface area (TPSA) is 91.8 Å². The van der Waals surface area contributed by atoms with Crippen molar-refractivity contribution >= 4 is 8.32 Å². The van der Waals surface area contributed by atoms with Crippen molar-refractivity contribution in [3.8, 4) is 0 Å². The maximum absolute atomic E-state index is 12.5. The predicted molar refractivity (Wildman–Crippen MR) is 123 cm³/mol. The fourth-order valence-corrected chi connectivity index (χ4v) is 4.44. The number of nitrogens with zero attached hydrogens (tertiary/aromatic N) is 1. The van der Waals surface area contributed by atoms with Crippen LogP contribution < -0.4 is 11.2 Å². The molecule has 0 bridgehead atoms. The number of rotatable bonds is 10. The summed E-state index contributed by atoms with van der Waals surface area (Å²) in [4.78, 5) is 27.1. The van der Waals surface area contributed by atoms with Crippen LogP contribution in [0.4, 0.5) is 0 Å². The van der Waals surface area contributed by atoms with Crippen LogP contribution in [0.5, 0.6) is 0 Å². The third-order valence-electron chi connectivity index (χ3n) is 5.87. The maximum Gasteiger partial charge on any atom is 0.330 e. The number of aromatic amines is 1. The van der Waals surface area contributed by atoms with Crippen molar-refractivity contribution in [1.29, 1.82) is 0 Å². The summed E-state index contributed by atoms with van der Waals surface area (Å²) >= 11 is 0. The van der Waals surface area contributed by atoms with Crippen LogP contribution in [0.2, 0.25) is 18.1 Å². The fraction of sp³-hybridized carbons (Fsp3) is 0.727. The molecule has 0 radical (unpaired) electrons. The van der Waals surface area contributed by atoms with Gasteiger partial charge in [0.15, 0.2) is 8.32 Å². The molecule has 2 heterocycles. The highest BCUT2D eigenvalue weighted by Crippen LogP contribution is 2.41. The Morgan fingerprint density at radius 1 is 1.35 bits per heavy atom. The van der Waals surface area contributed by atoms with Gasteiger partial charge in [0.1, 0.15) is 12.3 Å². The van der Waals surface area contributed by atoms with Gasteiger partial charge in [-0.15, -0.1) is 6.58 Å². The Balaban J connectivity index is 2.29. The molecule has 1 aromatic heterocycles. The molecule has 1 aliphatic heterocycles. The lowest BCUT2D eigenvalue weighted by atomic mass is 10.2. The molecule has 0 aliphatic carbocycles. The van der Waals surface area contributed by atoms with E-state index in [2.05, 4.69) is 45.4 Å². The molecule has 1 saturated heterocycles. The third-order valence-corrected chi connectivity index (χ3v) is 10.4. The Bertz CT molecular complexity index is 855. The van der Waals surface area contributed by atoms with Crippen molar-refractivity contribution < 1.29 is 18.6 Å². The quantitative estimate of drug-likeness (QED) is 0.331. The van der Waals surface area contributed by atoms with Crippen molar-refractivity contribution in [2.45, 2.75) is 90.3 Å². The molecule has 9 heteroatoms. The first-order valence-corrected chi connectivity index (χ1v) is 13.7. The number of hydrogen-bond acceptors (Lipinski definition) is 6. The normalized spacial score (nSPS) is 22.3. The van der Waals surface area contributed by atoms with Crippen LogP contribution >= 0.6 is 0 Å². The van der Waals surface area contributed by atoms with Crippen molar-refractivity contribution in [2.75, 3.05) is 13.2 Å². The predicted octanol–water partition coefficient (Wildman–Crippen LogP) is 3.34. The maximum atomic E-state index is 12.5. The summed E-state index contributed by atoms with van der Waals surface area (Å²) in [6, 6.07) is 0. The Morgan fingerprint density at radius 3 is 2.61 bits per heavy atom. The van der Waals surface area contributed by atoms with Gasteiger partial charge in [-0.2, -0.15) is 0 Å². The zero-order valence-electron chi connectivity index (χ0n) is 19.9. The molecule has 1 aliphatic rings. The minimum Gasteiger partial charge on any atom is -0.411 e. The standard InChI is InChI=1S/C22H38N2O6Si/c1-9-10-27-13-16-12-24(21(26)23-20(16)25)19-11-17(18(29-19)14-28-15(2)3)30-31(7,8)22(4,5)6/h9,12,15,17-19H,1,10-11,13-14H2,2-8H3,(H,23,25,26)/t17?,18-,19-/m1/s1. The lowest BCUT2D eigenvalue weighted by Gasteiger charge is -2.39. The molecule has 1 aromatic rings. The summed E-state index contributed by atoms with van der Waals surface area (Å²) in [6.07, 6.45) is 2.61. The Labute approximate surface area is 185 Å². The average molecular weight is 455 g/mol. The molecule has 176 valence electrons. The zero-order valence-corrected chi connectivity index (χ0v) is 20.9. The van der Waals surface area contributed by atoms with Gasteiger partial charge in [-0.1, -0.05) is 26.8 Å². The van der Waals surface area contributed by atoms with Crippen LogP contribution in [0.3, 0.4) is 0 Å². The van der Waals surface area contributed by atoms with Crippen molar-refractivity contribution in [3.63, 3.8) is 0 Å². The first kappa shape index (κ1) is 25.7. The second-order valence-electron chi connectivity index (χ2n) is 9.79. The van der Waals surface area contributed by atoms with Crippen molar-refractivity contribution in [2.24, 2.45) is 0 Å². The number of nitrogens with one attached hydrogen (secondary N) is 1. The van der Waals surface area contributed by atoms with Gasteiger partial charge in [-0.05, 0) is 32.0 Å². The van der Waals surface area contributed by atoms with Gasteiger partial charge in [0.2, 0.25) is 0 Å². The second-order valence-corrected chi connectivity index (χ2v) is 14.5. The van der Waals surface area contributed by atoms with Gasteiger partial charge in [-0.3, -0.25) is 14.3 Å². The average Bonchev–Trinajstić information content (AvgIpc) is 3.02. The Morgan fingerprint density at radius 2 is 2.03 bits per heavy atom. The highest BCUT2D eigenvalue weighted by Gasteiger charge is 2.45. The SMILES string of the molecule is C=CCOCc1cn([C@H]2CC(O[Si](C)(C)C(C)(C)C)[C@@H](COC(C)C)O2)c(=O)[nH]c1=O. The van der Waals surface area contributed by atoms with E-state index < -0.39 is 25.8 Å². The molecule has 1 fully saturated rings.